The summed E-state index contributed by atoms with van der Waals surface area (Å²) >= 11 is 0. The first-order valence-corrected chi connectivity index (χ1v) is 6.86. The molecule has 0 radical (unpaired) electrons. The van der Waals surface area contributed by atoms with Gasteiger partial charge in [0.25, 0.3) is 0 Å². The van der Waals surface area contributed by atoms with Crippen LogP contribution in [-0.4, -0.2) is 21.0 Å². The summed E-state index contributed by atoms with van der Waals surface area (Å²) in [7, 11) is 0. The molecule has 1 aliphatic carbocycles. The van der Waals surface area contributed by atoms with Gasteiger partial charge in [-0.25, -0.2) is 0 Å². The predicted octanol–water partition coefficient (Wildman–Crippen LogP) is 3.26. The van der Waals surface area contributed by atoms with Crippen molar-refractivity contribution in [1.82, 2.24) is 15.0 Å². The Morgan fingerprint density at radius 1 is 1.16 bits per heavy atom. The van der Waals surface area contributed by atoms with Crippen LogP contribution in [0.5, 0.6) is 0 Å². The molecule has 0 amide bonds. The first-order valence-electron chi connectivity index (χ1n) is 6.86. The highest BCUT2D eigenvalue weighted by molar-refractivity contribution is 5.48. The maximum atomic E-state index is 4.12. The number of anilines is 1. The van der Waals surface area contributed by atoms with Gasteiger partial charge < -0.3 is 5.32 Å². The average molecular weight is 256 g/mol. The lowest BCUT2D eigenvalue weighted by Gasteiger charge is -2.18. The minimum Gasteiger partial charge on any atom is -0.382 e. The molecule has 1 unspecified atom stereocenters. The zero-order chi connectivity index (χ0) is 13.3. The summed E-state index contributed by atoms with van der Waals surface area (Å²) in [6, 6.07) is 8.89. The molecule has 0 aliphatic heterocycles. The smallest absolute Gasteiger partial charge is 0.0858 e. The van der Waals surface area contributed by atoms with Gasteiger partial charge in [-0.2, -0.15) is 15.0 Å². The first kappa shape index (κ1) is 12.2. The maximum Gasteiger partial charge on any atom is 0.0858 e. The van der Waals surface area contributed by atoms with E-state index < -0.39 is 0 Å². The second-order valence-electron chi connectivity index (χ2n) is 6.11. The highest BCUT2D eigenvalue weighted by Crippen LogP contribution is 2.38. The van der Waals surface area contributed by atoms with Crippen LogP contribution in [-0.2, 0) is 0 Å². The molecule has 0 bridgehead atoms. The van der Waals surface area contributed by atoms with Gasteiger partial charge in [0.1, 0.15) is 0 Å². The molecule has 0 spiro atoms. The summed E-state index contributed by atoms with van der Waals surface area (Å²) in [5.41, 5.74) is 2.65. The normalized spacial score (nSPS) is 21.5. The van der Waals surface area contributed by atoms with E-state index in [9.17, 15) is 0 Å². The van der Waals surface area contributed by atoms with E-state index in [0.29, 0.717) is 11.5 Å². The van der Waals surface area contributed by atoms with Crippen LogP contribution < -0.4 is 5.32 Å². The van der Waals surface area contributed by atoms with Crippen molar-refractivity contribution in [3.8, 4) is 5.69 Å². The zero-order valence-electron chi connectivity index (χ0n) is 11.5. The third-order valence-corrected chi connectivity index (χ3v) is 3.86. The Kier molecular flexibility index (Phi) is 3.01. The monoisotopic (exact) mass is 256 g/mol. The highest BCUT2D eigenvalue weighted by atomic mass is 15.5. The Hall–Kier alpha value is -1.84. The van der Waals surface area contributed by atoms with E-state index in [-0.39, 0.29) is 0 Å². The lowest BCUT2D eigenvalue weighted by molar-refractivity contribution is 0.378. The number of nitrogens with zero attached hydrogens (tertiary/aromatic N) is 3. The molecule has 4 heteroatoms. The molecule has 1 N–H and O–H groups in total. The van der Waals surface area contributed by atoms with E-state index >= 15 is 0 Å². The third-order valence-electron chi connectivity index (χ3n) is 3.86. The van der Waals surface area contributed by atoms with Gasteiger partial charge in [-0.15, -0.1) is 0 Å². The van der Waals surface area contributed by atoms with E-state index in [0.717, 1.165) is 5.69 Å². The van der Waals surface area contributed by atoms with E-state index in [4.69, 9.17) is 0 Å². The molecule has 2 aromatic rings. The Labute approximate surface area is 113 Å². The van der Waals surface area contributed by atoms with Crippen molar-refractivity contribution in [2.45, 2.75) is 39.2 Å². The van der Waals surface area contributed by atoms with Crippen LogP contribution >= 0.6 is 0 Å². The second kappa shape index (κ2) is 4.68. The predicted molar refractivity (Wildman–Crippen MR) is 76.4 cm³/mol. The van der Waals surface area contributed by atoms with Gasteiger partial charge in [0, 0.05) is 11.7 Å². The highest BCUT2D eigenvalue weighted by Gasteiger charge is 2.30. The maximum absolute atomic E-state index is 4.12. The number of nitrogens with one attached hydrogen (secondary N) is 1. The fraction of sp³-hybridized carbons (Fsp3) is 0.467. The van der Waals surface area contributed by atoms with E-state index in [1.807, 2.05) is 12.1 Å². The van der Waals surface area contributed by atoms with Gasteiger partial charge in [0.2, 0.25) is 0 Å². The van der Waals surface area contributed by atoms with Crippen LogP contribution in [0.4, 0.5) is 5.69 Å². The minimum absolute atomic E-state index is 0.483. The van der Waals surface area contributed by atoms with E-state index in [2.05, 4.69) is 41.5 Å². The fourth-order valence-corrected chi connectivity index (χ4v) is 2.84. The summed E-state index contributed by atoms with van der Waals surface area (Å²) in [5.74, 6) is 0. The lowest BCUT2D eigenvalue weighted by Crippen LogP contribution is -2.17. The molecule has 1 saturated carbocycles. The molecule has 1 atom stereocenters. The largest absolute Gasteiger partial charge is 0.382 e. The van der Waals surface area contributed by atoms with Gasteiger partial charge in [-0.1, -0.05) is 13.8 Å². The van der Waals surface area contributed by atoms with Crippen molar-refractivity contribution < 1.29 is 0 Å². The lowest BCUT2D eigenvalue weighted by atomic mass is 9.92. The molecule has 1 fully saturated rings. The minimum atomic E-state index is 0.483. The summed E-state index contributed by atoms with van der Waals surface area (Å²) in [4.78, 5) is 1.63. The molecule has 0 saturated heterocycles. The molecular formula is C15H20N4. The molecule has 1 heterocycles. The summed E-state index contributed by atoms with van der Waals surface area (Å²) in [5, 5.41) is 11.9. The Morgan fingerprint density at radius 3 is 2.42 bits per heavy atom. The van der Waals surface area contributed by atoms with Gasteiger partial charge in [-0.3, -0.25) is 0 Å². The SMILES string of the molecule is CC1(C)CCC(Nc2ccc(-n3nccn3)cc2)C1. The van der Waals surface area contributed by atoms with Crippen molar-refractivity contribution in [2.75, 3.05) is 5.32 Å². The second-order valence-corrected chi connectivity index (χ2v) is 6.11. The standard InChI is InChI=1S/C15H20N4/c1-15(2)8-7-13(11-15)18-12-3-5-14(6-4-12)19-16-9-10-17-19/h3-6,9-10,13,18H,7-8,11H2,1-2H3. The molecule has 1 aromatic carbocycles. The molecule has 1 aromatic heterocycles. The van der Waals surface area contributed by atoms with E-state index in [1.54, 1.807) is 17.2 Å². The first-order chi connectivity index (χ1) is 9.12. The molecule has 3 rings (SSSR count). The van der Waals surface area contributed by atoms with Gasteiger partial charge in [-0.05, 0) is 48.9 Å². The number of benzene rings is 1. The van der Waals surface area contributed by atoms with Gasteiger partial charge in [0.05, 0.1) is 18.1 Å². The molecular weight excluding hydrogens is 236 g/mol. The molecule has 19 heavy (non-hydrogen) atoms. The van der Waals surface area contributed by atoms with Crippen molar-refractivity contribution in [3.05, 3.63) is 36.7 Å². The Morgan fingerprint density at radius 2 is 1.84 bits per heavy atom. The van der Waals surface area contributed by atoms with Crippen LogP contribution in [0, 0.1) is 5.41 Å². The Bertz CT molecular complexity index is 528. The number of hydrogen-bond donors (Lipinski definition) is 1. The summed E-state index contributed by atoms with van der Waals surface area (Å²) in [6.45, 7) is 4.70. The fourth-order valence-electron chi connectivity index (χ4n) is 2.84. The number of rotatable bonds is 3. The topological polar surface area (TPSA) is 42.7 Å². The van der Waals surface area contributed by atoms with E-state index in [1.165, 1.54) is 24.9 Å². The van der Waals surface area contributed by atoms with Gasteiger partial charge >= 0.3 is 0 Å². The molecule has 1 aliphatic rings. The van der Waals surface area contributed by atoms with Crippen molar-refractivity contribution in [2.24, 2.45) is 5.41 Å². The summed E-state index contributed by atoms with van der Waals surface area (Å²) in [6.07, 6.45) is 7.18. The van der Waals surface area contributed by atoms with Crippen LogP contribution in [0.1, 0.15) is 33.1 Å². The van der Waals surface area contributed by atoms with Gasteiger partial charge in [0.15, 0.2) is 0 Å². The number of hydrogen-bond acceptors (Lipinski definition) is 3. The average Bonchev–Trinajstić information content (AvgIpc) is 3.00. The third kappa shape index (κ3) is 2.78. The van der Waals surface area contributed by atoms with Crippen molar-refractivity contribution in [1.29, 1.82) is 0 Å². The van der Waals surface area contributed by atoms with Crippen molar-refractivity contribution in [3.63, 3.8) is 0 Å². The zero-order valence-corrected chi connectivity index (χ0v) is 11.5. The molecule has 100 valence electrons. The van der Waals surface area contributed by atoms with Crippen LogP contribution in [0.2, 0.25) is 0 Å². The summed E-state index contributed by atoms with van der Waals surface area (Å²) < 4.78 is 0. The van der Waals surface area contributed by atoms with Crippen LogP contribution in [0.25, 0.3) is 5.69 Å². The van der Waals surface area contributed by atoms with Crippen LogP contribution in [0.15, 0.2) is 36.7 Å². The van der Waals surface area contributed by atoms with Crippen LogP contribution in [0.3, 0.4) is 0 Å². The number of aromatic nitrogens is 3. The Balaban J connectivity index is 1.67. The molecule has 4 nitrogen and oxygen atoms in total. The van der Waals surface area contributed by atoms with Crippen molar-refractivity contribution >= 4 is 5.69 Å². The quantitative estimate of drug-likeness (QED) is 0.916.